The van der Waals surface area contributed by atoms with Crippen molar-refractivity contribution < 1.29 is 18.8 Å². The van der Waals surface area contributed by atoms with Crippen LogP contribution < -0.4 is 4.74 Å². The third kappa shape index (κ3) is 4.40. The van der Waals surface area contributed by atoms with Crippen LogP contribution in [0.1, 0.15) is 49.0 Å². The maximum Gasteiger partial charge on any atom is 0.252 e. The predicted octanol–water partition coefficient (Wildman–Crippen LogP) is 2.91. The monoisotopic (exact) mass is 359 g/mol. The minimum absolute atomic E-state index is 0.0724. The Labute approximate surface area is 153 Å². The summed E-state index contributed by atoms with van der Waals surface area (Å²) in [5.41, 5.74) is 0.936. The molecule has 1 saturated heterocycles. The first-order valence-electron chi connectivity index (χ1n) is 8.95. The van der Waals surface area contributed by atoms with Crippen molar-refractivity contribution in [2.24, 2.45) is 0 Å². The molecular weight excluding hydrogens is 334 g/mol. The maximum absolute atomic E-state index is 13.0. The first-order chi connectivity index (χ1) is 12.7. The second-order valence-corrected chi connectivity index (χ2v) is 6.46. The van der Waals surface area contributed by atoms with E-state index in [9.17, 15) is 4.79 Å². The van der Waals surface area contributed by atoms with E-state index in [0.29, 0.717) is 24.7 Å². The van der Waals surface area contributed by atoms with Crippen LogP contribution in [0, 0.1) is 0 Å². The van der Waals surface area contributed by atoms with Crippen molar-refractivity contribution >= 4 is 5.91 Å². The number of hydrogen-bond donors (Lipinski definition) is 0. The molecule has 26 heavy (non-hydrogen) atoms. The van der Waals surface area contributed by atoms with Crippen molar-refractivity contribution in [3.05, 3.63) is 41.5 Å². The summed E-state index contributed by atoms with van der Waals surface area (Å²) in [7, 11) is 3.21. The van der Waals surface area contributed by atoms with Crippen LogP contribution in [0.15, 0.2) is 28.8 Å². The molecule has 2 heterocycles. The molecule has 1 amide bonds. The quantitative estimate of drug-likeness (QED) is 0.789. The van der Waals surface area contributed by atoms with Crippen LogP contribution in [-0.2, 0) is 22.6 Å². The molecular formula is C19H25N3O4. The molecule has 2 aromatic rings. The van der Waals surface area contributed by atoms with E-state index in [0.717, 1.165) is 37.0 Å². The van der Waals surface area contributed by atoms with Crippen LogP contribution in [0.5, 0.6) is 5.75 Å². The first kappa shape index (κ1) is 18.4. The number of benzene rings is 1. The van der Waals surface area contributed by atoms with Crippen molar-refractivity contribution in [2.45, 2.75) is 44.8 Å². The lowest BCUT2D eigenvalue weighted by Crippen LogP contribution is -2.36. The lowest BCUT2D eigenvalue weighted by atomic mass is 10.1. The number of carbonyl (C=O) groups excluding carboxylic acids is 1. The number of hydrogen-bond acceptors (Lipinski definition) is 6. The molecule has 0 saturated carbocycles. The molecule has 7 nitrogen and oxygen atoms in total. The van der Waals surface area contributed by atoms with Crippen molar-refractivity contribution in [1.82, 2.24) is 15.0 Å². The van der Waals surface area contributed by atoms with E-state index in [1.54, 1.807) is 14.2 Å². The Balaban J connectivity index is 1.77. The van der Waals surface area contributed by atoms with Crippen molar-refractivity contribution in [3.8, 4) is 5.75 Å². The minimum atomic E-state index is -0.148. The Morgan fingerprint density at radius 1 is 1.31 bits per heavy atom. The number of rotatable bonds is 6. The summed E-state index contributed by atoms with van der Waals surface area (Å²) in [4.78, 5) is 19.3. The van der Waals surface area contributed by atoms with Crippen LogP contribution in [0.2, 0.25) is 0 Å². The van der Waals surface area contributed by atoms with Crippen LogP contribution >= 0.6 is 0 Å². The smallest absolute Gasteiger partial charge is 0.252 e. The Morgan fingerprint density at radius 3 is 3.00 bits per heavy atom. The number of amides is 1. The molecule has 0 radical (unpaired) electrons. The fraction of sp³-hybridized carbons (Fsp3) is 0.526. The molecule has 0 unspecified atom stereocenters. The van der Waals surface area contributed by atoms with E-state index in [2.05, 4.69) is 10.1 Å². The van der Waals surface area contributed by atoms with Gasteiger partial charge in [0.25, 0.3) is 5.89 Å². The average molecular weight is 359 g/mol. The van der Waals surface area contributed by atoms with Gasteiger partial charge in [-0.2, -0.15) is 4.98 Å². The Hall–Kier alpha value is -2.41. The SMILES string of the molecule is COCc1nc([C@H]2CCCCCN2C(=O)Cc2cccc(OC)c2)no1. The minimum Gasteiger partial charge on any atom is -0.497 e. The van der Waals surface area contributed by atoms with Gasteiger partial charge in [-0.15, -0.1) is 0 Å². The van der Waals surface area contributed by atoms with E-state index in [4.69, 9.17) is 14.0 Å². The summed E-state index contributed by atoms with van der Waals surface area (Å²) >= 11 is 0. The molecule has 0 aliphatic carbocycles. The van der Waals surface area contributed by atoms with Crippen LogP contribution in [0.25, 0.3) is 0 Å². The fourth-order valence-electron chi connectivity index (χ4n) is 3.32. The summed E-state index contributed by atoms with van der Waals surface area (Å²) < 4.78 is 15.5. The highest BCUT2D eigenvalue weighted by atomic mass is 16.5. The zero-order chi connectivity index (χ0) is 18.4. The van der Waals surface area contributed by atoms with Crippen LogP contribution in [-0.4, -0.2) is 41.7 Å². The number of ether oxygens (including phenoxy) is 2. The number of aromatic nitrogens is 2. The standard InChI is InChI=1S/C19H25N3O4/c1-24-13-17-20-19(21-26-17)16-9-4-3-5-10-22(16)18(23)12-14-7-6-8-15(11-14)25-2/h6-8,11,16H,3-5,9-10,12-13H2,1-2H3/t16-/m1/s1. The van der Waals surface area contributed by atoms with E-state index in [-0.39, 0.29) is 18.6 Å². The van der Waals surface area contributed by atoms with Gasteiger partial charge in [-0.3, -0.25) is 4.79 Å². The summed E-state index contributed by atoms with van der Waals surface area (Å²) in [6.07, 6.45) is 4.30. The normalized spacial score (nSPS) is 17.8. The van der Waals surface area contributed by atoms with Gasteiger partial charge in [-0.05, 0) is 30.5 Å². The van der Waals surface area contributed by atoms with Crippen molar-refractivity contribution in [3.63, 3.8) is 0 Å². The number of methoxy groups -OCH3 is 2. The third-order valence-electron chi connectivity index (χ3n) is 4.61. The Bertz CT molecular complexity index is 731. The van der Waals surface area contributed by atoms with Gasteiger partial charge >= 0.3 is 0 Å². The molecule has 1 aliphatic rings. The van der Waals surface area contributed by atoms with Gasteiger partial charge in [-0.1, -0.05) is 30.1 Å². The largest absolute Gasteiger partial charge is 0.497 e. The average Bonchev–Trinajstić information content (AvgIpc) is 2.97. The Kier molecular flexibility index (Phi) is 6.22. The molecule has 1 fully saturated rings. The highest BCUT2D eigenvalue weighted by Gasteiger charge is 2.30. The summed E-state index contributed by atoms with van der Waals surface area (Å²) in [5.74, 6) is 1.83. The zero-order valence-corrected chi connectivity index (χ0v) is 15.3. The van der Waals surface area contributed by atoms with Gasteiger partial charge in [0.05, 0.1) is 19.6 Å². The van der Waals surface area contributed by atoms with Gasteiger partial charge in [0, 0.05) is 13.7 Å². The van der Waals surface area contributed by atoms with Gasteiger partial charge in [0.2, 0.25) is 5.91 Å². The second kappa shape index (κ2) is 8.80. The second-order valence-electron chi connectivity index (χ2n) is 6.46. The lowest BCUT2D eigenvalue weighted by molar-refractivity contribution is -0.133. The van der Waals surface area contributed by atoms with Gasteiger partial charge in [0.15, 0.2) is 5.82 Å². The molecule has 140 valence electrons. The summed E-state index contributed by atoms with van der Waals surface area (Å²) in [6.45, 7) is 0.985. The number of carbonyl (C=O) groups is 1. The molecule has 0 N–H and O–H groups in total. The van der Waals surface area contributed by atoms with E-state index >= 15 is 0 Å². The maximum atomic E-state index is 13.0. The number of nitrogens with zero attached hydrogens (tertiary/aromatic N) is 3. The molecule has 1 atom stereocenters. The van der Waals surface area contributed by atoms with Gasteiger partial charge < -0.3 is 18.9 Å². The molecule has 7 heteroatoms. The molecule has 0 spiro atoms. The van der Waals surface area contributed by atoms with E-state index in [1.165, 1.54) is 0 Å². The molecule has 0 bridgehead atoms. The molecule has 1 aromatic heterocycles. The zero-order valence-electron chi connectivity index (χ0n) is 15.3. The highest BCUT2D eigenvalue weighted by Crippen LogP contribution is 2.29. The molecule has 1 aliphatic heterocycles. The van der Waals surface area contributed by atoms with Crippen LogP contribution in [0.4, 0.5) is 0 Å². The van der Waals surface area contributed by atoms with Crippen molar-refractivity contribution in [1.29, 1.82) is 0 Å². The lowest BCUT2D eigenvalue weighted by Gasteiger charge is -2.28. The number of likely N-dealkylation sites (tertiary alicyclic amines) is 1. The third-order valence-corrected chi connectivity index (χ3v) is 4.61. The van der Waals surface area contributed by atoms with E-state index in [1.807, 2.05) is 29.2 Å². The van der Waals surface area contributed by atoms with Gasteiger partial charge in [-0.25, -0.2) is 0 Å². The molecule has 3 rings (SSSR count). The first-order valence-corrected chi connectivity index (χ1v) is 8.95. The topological polar surface area (TPSA) is 77.7 Å². The van der Waals surface area contributed by atoms with Gasteiger partial charge in [0.1, 0.15) is 12.4 Å². The van der Waals surface area contributed by atoms with Crippen LogP contribution in [0.3, 0.4) is 0 Å². The highest BCUT2D eigenvalue weighted by molar-refractivity contribution is 5.79. The Morgan fingerprint density at radius 2 is 2.19 bits per heavy atom. The molecule has 1 aromatic carbocycles. The van der Waals surface area contributed by atoms with E-state index < -0.39 is 0 Å². The summed E-state index contributed by atoms with van der Waals surface area (Å²) in [6, 6.07) is 7.47. The summed E-state index contributed by atoms with van der Waals surface area (Å²) in [5, 5.41) is 4.09. The predicted molar refractivity (Wildman–Crippen MR) is 94.6 cm³/mol. The fourth-order valence-corrected chi connectivity index (χ4v) is 3.32. The van der Waals surface area contributed by atoms with Crippen molar-refractivity contribution in [2.75, 3.05) is 20.8 Å².